The van der Waals surface area contributed by atoms with E-state index in [0.717, 1.165) is 37.1 Å². The molecule has 4 rings (SSSR count). The predicted molar refractivity (Wildman–Crippen MR) is 108 cm³/mol. The highest BCUT2D eigenvalue weighted by Crippen LogP contribution is 2.47. The Balaban J connectivity index is 0.00000121. The smallest absolute Gasteiger partial charge is 0.182 e. The third-order valence-electron chi connectivity index (χ3n) is 5.56. The van der Waals surface area contributed by atoms with Crippen molar-refractivity contribution in [3.63, 3.8) is 0 Å². The van der Waals surface area contributed by atoms with Gasteiger partial charge in [-0.05, 0) is 44.3 Å². The fraction of sp³-hybridized carbons (Fsp3) is 0.333. The van der Waals surface area contributed by atoms with Gasteiger partial charge >= 0.3 is 0 Å². The molecule has 0 saturated carbocycles. The molecule has 1 heterocycles. The maximum atomic E-state index is 13.5. The highest BCUT2D eigenvalue weighted by Gasteiger charge is 2.58. The van der Waals surface area contributed by atoms with E-state index < -0.39 is 5.41 Å². The highest BCUT2D eigenvalue weighted by molar-refractivity contribution is 6.33. The Labute approximate surface area is 166 Å². The number of hydrogen-bond acceptors (Lipinski definition) is 3. The zero-order chi connectivity index (χ0) is 16.7. The first kappa shape index (κ1) is 20.6. The zero-order valence-electron chi connectivity index (χ0n) is 14.7. The quantitative estimate of drug-likeness (QED) is 0.781. The molecule has 0 bridgehead atoms. The minimum Gasteiger partial charge on any atom is -0.317 e. The van der Waals surface area contributed by atoms with Crippen molar-refractivity contribution >= 4 is 36.4 Å². The van der Waals surface area contributed by atoms with E-state index in [2.05, 4.69) is 5.32 Å². The Morgan fingerprint density at radius 3 is 2.00 bits per heavy atom. The third kappa shape index (κ3) is 2.88. The molecule has 26 heavy (non-hydrogen) atoms. The van der Waals surface area contributed by atoms with Gasteiger partial charge in [0.15, 0.2) is 11.6 Å². The van der Waals surface area contributed by atoms with Crippen LogP contribution in [0.4, 0.5) is 0 Å². The molecule has 0 amide bonds. The molecular weight excluding hydrogens is 369 g/mol. The van der Waals surface area contributed by atoms with Crippen LogP contribution in [0.2, 0.25) is 0 Å². The maximum Gasteiger partial charge on any atom is 0.182 e. The lowest BCUT2D eigenvalue weighted by Gasteiger charge is -2.38. The highest BCUT2D eigenvalue weighted by atomic mass is 35.5. The van der Waals surface area contributed by atoms with Crippen molar-refractivity contribution in [2.24, 2.45) is 5.92 Å². The summed E-state index contributed by atoms with van der Waals surface area (Å²) in [6.45, 7) is 3.72. The summed E-state index contributed by atoms with van der Waals surface area (Å²) < 4.78 is 0. The topological polar surface area (TPSA) is 46.2 Å². The van der Waals surface area contributed by atoms with Gasteiger partial charge in [-0.15, -0.1) is 24.8 Å². The Morgan fingerprint density at radius 2 is 1.46 bits per heavy atom. The molecule has 1 aliphatic carbocycles. The summed E-state index contributed by atoms with van der Waals surface area (Å²) >= 11 is 0. The third-order valence-corrected chi connectivity index (χ3v) is 5.56. The molecule has 1 aliphatic heterocycles. The van der Waals surface area contributed by atoms with Gasteiger partial charge < -0.3 is 5.32 Å². The van der Waals surface area contributed by atoms with Crippen molar-refractivity contribution in [2.75, 3.05) is 13.1 Å². The number of carbonyl (C=O) groups is 2. The average Bonchev–Trinajstić information content (AvgIpc) is 2.85. The number of hydrogen-bond donors (Lipinski definition) is 1. The molecule has 0 spiro atoms. The molecule has 2 aliphatic rings. The summed E-state index contributed by atoms with van der Waals surface area (Å²) in [7, 11) is 0. The van der Waals surface area contributed by atoms with Crippen molar-refractivity contribution in [3.05, 3.63) is 70.8 Å². The molecule has 5 heteroatoms. The molecule has 1 fully saturated rings. The van der Waals surface area contributed by atoms with Crippen molar-refractivity contribution in [1.29, 1.82) is 0 Å². The first-order valence-corrected chi connectivity index (χ1v) is 8.62. The van der Waals surface area contributed by atoms with Gasteiger partial charge in [-0.25, -0.2) is 0 Å². The number of rotatable bonds is 2. The van der Waals surface area contributed by atoms with Crippen LogP contribution >= 0.6 is 24.8 Å². The number of nitrogens with one attached hydrogen (secondary N) is 1. The fourth-order valence-electron chi connectivity index (χ4n) is 4.42. The SMILES string of the molecule is Cc1cccc(C2(C3CCNCC3)C(=O)c3ccccc3C2=O)c1.Cl.Cl. The normalized spacial score (nSPS) is 18.7. The van der Waals surface area contributed by atoms with Crippen molar-refractivity contribution < 1.29 is 9.59 Å². The lowest BCUT2D eigenvalue weighted by molar-refractivity contribution is 0.0693. The van der Waals surface area contributed by atoms with Crippen LogP contribution in [-0.4, -0.2) is 24.7 Å². The van der Waals surface area contributed by atoms with Crippen LogP contribution in [0.15, 0.2) is 48.5 Å². The largest absolute Gasteiger partial charge is 0.317 e. The predicted octanol–water partition coefficient (Wildman–Crippen LogP) is 4.16. The molecule has 138 valence electrons. The van der Waals surface area contributed by atoms with Crippen LogP contribution < -0.4 is 5.32 Å². The number of piperidine rings is 1. The summed E-state index contributed by atoms with van der Waals surface area (Å²) in [4.78, 5) is 27.0. The maximum absolute atomic E-state index is 13.5. The van der Waals surface area contributed by atoms with E-state index in [1.54, 1.807) is 12.1 Å². The van der Waals surface area contributed by atoms with Gasteiger partial charge in [-0.3, -0.25) is 9.59 Å². The molecule has 1 saturated heterocycles. The van der Waals surface area contributed by atoms with Gasteiger partial charge in [0.05, 0.1) is 0 Å². The fourth-order valence-corrected chi connectivity index (χ4v) is 4.42. The molecule has 0 atom stereocenters. The van der Waals surface area contributed by atoms with E-state index in [9.17, 15) is 9.59 Å². The van der Waals surface area contributed by atoms with Crippen LogP contribution in [-0.2, 0) is 5.41 Å². The summed E-state index contributed by atoms with van der Waals surface area (Å²) in [5, 5.41) is 3.35. The van der Waals surface area contributed by atoms with Crippen LogP contribution in [0.25, 0.3) is 0 Å². The molecule has 1 N–H and O–H groups in total. The molecule has 0 radical (unpaired) electrons. The van der Waals surface area contributed by atoms with Gasteiger partial charge in [-0.1, -0.05) is 54.1 Å². The first-order chi connectivity index (χ1) is 11.7. The molecule has 3 nitrogen and oxygen atoms in total. The number of carbonyl (C=O) groups excluding carboxylic acids is 2. The van der Waals surface area contributed by atoms with E-state index in [-0.39, 0.29) is 42.3 Å². The Bertz CT molecular complexity index is 793. The van der Waals surface area contributed by atoms with Gasteiger partial charge in [0.2, 0.25) is 0 Å². The summed E-state index contributed by atoms with van der Waals surface area (Å²) in [5.41, 5.74) is 2.07. The van der Waals surface area contributed by atoms with Gasteiger partial charge in [0.1, 0.15) is 5.41 Å². The van der Waals surface area contributed by atoms with Gasteiger partial charge in [-0.2, -0.15) is 0 Å². The van der Waals surface area contributed by atoms with Crippen molar-refractivity contribution in [3.8, 4) is 0 Å². The van der Waals surface area contributed by atoms with Crippen LogP contribution in [0.1, 0.15) is 44.7 Å². The van der Waals surface area contributed by atoms with E-state index in [0.29, 0.717) is 11.1 Å². The molecule has 2 aromatic carbocycles. The number of ketones is 2. The first-order valence-electron chi connectivity index (χ1n) is 8.62. The van der Waals surface area contributed by atoms with E-state index in [1.807, 2.05) is 43.3 Å². The number of Topliss-reactive ketones (excluding diaryl/α,β-unsaturated/α-hetero) is 2. The van der Waals surface area contributed by atoms with Gasteiger partial charge in [0, 0.05) is 11.1 Å². The second-order valence-electron chi connectivity index (χ2n) is 6.91. The second-order valence-corrected chi connectivity index (χ2v) is 6.91. The molecule has 2 aromatic rings. The van der Waals surface area contributed by atoms with E-state index >= 15 is 0 Å². The molecule has 0 aromatic heterocycles. The Hall–Kier alpha value is -1.68. The minimum atomic E-state index is -1.04. The lowest BCUT2D eigenvalue weighted by Crippen LogP contribution is -2.49. The van der Waals surface area contributed by atoms with Crippen LogP contribution in [0, 0.1) is 12.8 Å². The van der Waals surface area contributed by atoms with Crippen molar-refractivity contribution in [1.82, 2.24) is 5.32 Å². The number of halogens is 2. The zero-order valence-corrected chi connectivity index (χ0v) is 16.3. The number of benzene rings is 2. The Kier molecular flexibility index (Phi) is 6.28. The summed E-state index contributed by atoms with van der Waals surface area (Å²) in [5.74, 6) is 0.0224. The van der Waals surface area contributed by atoms with Crippen molar-refractivity contribution in [2.45, 2.75) is 25.2 Å². The molecular formula is C21H23Cl2NO2. The summed E-state index contributed by atoms with van der Waals surface area (Å²) in [6, 6.07) is 15.2. The second kappa shape index (κ2) is 7.91. The van der Waals surface area contributed by atoms with E-state index in [4.69, 9.17) is 0 Å². The summed E-state index contributed by atoms with van der Waals surface area (Å²) in [6.07, 6.45) is 1.69. The lowest BCUT2D eigenvalue weighted by atomic mass is 9.63. The van der Waals surface area contributed by atoms with Crippen LogP contribution in [0.3, 0.4) is 0 Å². The number of fused-ring (bicyclic) bond motifs is 1. The molecule has 0 unspecified atom stereocenters. The standard InChI is InChI=1S/C21H21NO2.2ClH/c1-14-5-4-6-16(13-14)21(15-9-11-22-12-10-15)19(23)17-7-2-3-8-18(17)20(21)24;;/h2-8,13,15,22H,9-12H2,1H3;2*1H. The number of aryl methyl sites for hydroxylation is 1. The minimum absolute atomic E-state index is 0. The van der Waals surface area contributed by atoms with Crippen LogP contribution in [0.5, 0.6) is 0 Å². The monoisotopic (exact) mass is 391 g/mol. The van der Waals surface area contributed by atoms with E-state index in [1.165, 1.54) is 0 Å². The average molecular weight is 392 g/mol. The van der Waals surface area contributed by atoms with Gasteiger partial charge in [0.25, 0.3) is 0 Å². The Morgan fingerprint density at radius 1 is 0.885 bits per heavy atom.